The summed E-state index contributed by atoms with van der Waals surface area (Å²) in [6, 6.07) is 0. The molecular weight excluding hydrogens is 320 g/mol. The summed E-state index contributed by atoms with van der Waals surface area (Å²) in [6.07, 6.45) is 15.4. The molecule has 146 valence electrons. The van der Waals surface area contributed by atoms with E-state index in [9.17, 15) is 14.7 Å². The number of aliphatic carboxylic acids is 2. The van der Waals surface area contributed by atoms with Crippen molar-refractivity contribution < 1.29 is 24.9 Å². The minimum Gasteiger partial charge on any atom is -0.481 e. The van der Waals surface area contributed by atoms with Crippen molar-refractivity contribution in [3.8, 4) is 0 Å². The number of carboxylic acids is 2. The van der Waals surface area contributed by atoms with Crippen LogP contribution in [0.15, 0.2) is 0 Å². The van der Waals surface area contributed by atoms with Crippen molar-refractivity contribution in [3.05, 3.63) is 0 Å². The molecule has 0 unspecified atom stereocenters. The lowest BCUT2D eigenvalue weighted by atomic mass is 9.85. The number of hydrogen-bond donors (Lipinski definition) is 3. The van der Waals surface area contributed by atoms with Gasteiger partial charge in [-0.3, -0.25) is 9.59 Å². The van der Waals surface area contributed by atoms with Crippen LogP contribution >= 0.6 is 0 Å². The van der Waals surface area contributed by atoms with Gasteiger partial charge in [0.2, 0.25) is 0 Å². The molecule has 0 spiro atoms. The molecule has 1 rings (SSSR count). The summed E-state index contributed by atoms with van der Waals surface area (Å²) >= 11 is 0. The zero-order valence-corrected chi connectivity index (χ0v) is 15.5. The number of carboxylic acid groups (broad SMARTS) is 2. The van der Waals surface area contributed by atoms with Gasteiger partial charge < -0.3 is 15.3 Å². The second-order valence-electron chi connectivity index (χ2n) is 7.88. The Hall–Kier alpha value is -1.10. The highest BCUT2D eigenvalue weighted by atomic mass is 16.4. The maximum Gasteiger partial charge on any atom is 0.306 e. The Morgan fingerprint density at radius 1 is 0.760 bits per heavy atom. The van der Waals surface area contributed by atoms with Crippen LogP contribution in [0.5, 0.6) is 0 Å². The number of unbranched alkanes of at least 4 members (excludes halogenated alkanes) is 6. The third kappa shape index (κ3) is 11.2. The molecule has 0 aromatic carbocycles. The quantitative estimate of drug-likeness (QED) is 0.390. The van der Waals surface area contributed by atoms with Gasteiger partial charge >= 0.3 is 11.9 Å². The van der Waals surface area contributed by atoms with Gasteiger partial charge in [0.15, 0.2) is 0 Å². The highest BCUT2D eigenvalue weighted by Gasteiger charge is 2.32. The van der Waals surface area contributed by atoms with E-state index in [2.05, 4.69) is 0 Å². The topological polar surface area (TPSA) is 94.8 Å². The van der Waals surface area contributed by atoms with Gasteiger partial charge in [-0.05, 0) is 12.3 Å². The molecule has 0 amide bonds. The van der Waals surface area contributed by atoms with Crippen molar-refractivity contribution >= 4 is 11.9 Å². The van der Waals surface area contributed by atoms with E-state index in [1.807, 2.05) is 0 Å². The molecule has 0 radical (unpaired) electrons. The smallest absolute Gasteiger partial charge is 0.306 e. The summed E-state index contributed by atoms with van der Waals surface area (Å²) in [7, 11) is 0. The largest absolute Gasteiger partial charge is 0.481 e. The molecule has 0 bridgehead atoms. The maximum absolute atomic E-state index is 10.8. The summed E-state index contributed by atoms with van der Waals surface area (Å²) in [5.74, 6) is -1.33. The Morgan fingerprint density at radius 2 is 1.24 bits per heavy atom. The first-order valence-electron chi connectivity index (χ1n) is 10.1. The van der Waals surface area contributed by atoms with Gasteiger partial charge in [0.25, 0.3) is 0 Å². The van der Waals surface area contributed by atoms with Gasteiger partial charge in [-0.2, -0.15) is 0 Å². The van der Waals surface area contributed by atoms with E-state index in [1.54, 1.807) is 0 Å². The summed E-state index contributed by atoms with van der Waals surface area (Å²) in [4.78, 5) is 21.6. The van der Waals surface area contributed by atoms with E-state index >= 15 is 0 Å². The monoisotopic (exact) mass is 356 g/mol. The van der Waals surface area contributed by atoms with Crippen molar-refractivity contribution in [1.82, 2.24) is 0 Å². The second kappa shape index (κ2) is 12.3. The first-order valence-corrected chi connectivity index (χ1v) is 10.1. The zero-order valence-electron chi connectivity index (χ0n) is 15.5. The van der Waals surface area contributed by atoms with Crippen LogP contribution in [0.1, 0.15) is 103 Å². The maximum atomic E-state index is 10.8. The van der Waals surface area contributed by atoms with E-state index in [1.165, 1.54) is 64.2 Å². The van der Waals surface area contributed by atoms with E-state index in [0.29, 0.717) is 6.42 Å². The fourth-order valence-electron chi connectivity index (χ4n) is 4.05. The van der Waals surface area contributed by atoms with Gasteiger partial charge in [0, 0.05) is 0 Å². The molecule has 0 heterocycles. The third-order valence-electron chi connectivity index (χ3n) is 5.44. The van der Waals surface area contributed by atoms with Crippen molar-refractivity contribution in [3.63, 3.8) is 0 Å². The van der Waals surface area contributed by atoms with E-state index in [4.69, 9.17) is 10.2 Å². The predicted molar refractivity (Wildman–Crippen MR) is 97.6 cm³/mol. The standard InChI is InChI=1S/C20H36O5/c21-18(22)15-20(25,16-19(23)24)14-10-5-3-1-2-4-7-11-17-12-8-6-9-13-17/h17,25H,1-16H2,(H,21,22)(H,23,24). The summed E-state index contributed by atoms with van der Waals surface area (Å²) in [5.41, 5.74) is -1.61. The van der Waals surface area contributed by atoms with E-state index < -0.39 is 30.4 Å². The van der Waals surface area contributed by atoms with Crippen molar-refractivity contribution in [1.29, 1.82) is 0 Å². The molecule has 0 atom stereocenters. The Balaban J connectivity index is 2.02. The fraction of sp³-hybridized carbons (Fsp3) is 0.900. The molecule has 5 nitrogen and oxygen atoms in total. The van der Waals surface area contributed by atoms with Crippen LogP contribution in [0.3, 0.4) is 0 Å². The van der Waals surface area contributed by atoms with Gasteiger partial charge in [-0.25, -0.2) is 0 Å². The second-order valence-corrected chi connectivity index (χ2v) is 7.88. The first-order chi connectivity index (χ1) is 11.9. The van der Waals surface area contributed by atoms with Crippen LogP contribution in [0, 0.1) is 5.92 Å². The number of hydrogen-bond acceptors (Lipinski definition) is 3. The molecule has 3 N–H and O–H groups in total. The molecule has 5 heteroatoms. The summed E-state index contributed by atoms with van der Waals surface area (Å²) in [6.45, 7) is 0. The predicted octanol–water partition coefficient (Wildman–Crippen LogP) is 4.76. The Bertz CT molecular complexity index is 372. The highest BCUT2D eigenvalue weighted by molar-refractivity contribution is 5.72. The minimum absolute atomic E-state index is 0.243. The van der Waals surface area contributed by atoms with E-state index in [0.717, 1.165) is 18.8 Å². The summed E-state index contributed by atoms with van der Waals surface area (Å²) < 4.78 is 0. The Kier molecular flexibility index (Phi) is 10.8. The van der Waals surface area contributed by atoms with Crippen LogP contribution in [-0.4, -0.2) is 32.9 Å². The van der Waals surface area contributed by atoms with Gasteiger partial charge in [0.05, 0.1) is 18.4 Å². The van der Waals surface area contributed by atoms with Crippen LogP contribution < -0.4 is 0 Å². The molecule has 0 aromatic rings. The average Bonchev–Trinajstić information content (AvgIpc) is 2.52. The number of carbonyl (C=O) groups is 2. The normalized spacial score (nSPS) is 16.0. The van der Waals surface area contributed by atoms with Gasteiger partial charge in [-0.1, -0.05) is 83.5 Å². The Labute approximate surface area is 151 Å². The lowest BCUT2D eigenvalue weighted by Crippen LogP contribution is -2.34. The molecule has 1 fully saturated rings. The molecule has 0 saturated heterocycles. The lowest BCUT2D eigenvalue weighted by molar-refractivity contribution is -0.149. The zero-order chi connectivity index (χ0) is 18.5. The number of rotatable bonds is 14. The van der Waals surface area contributed by atoms with Crippen LogP contribution in [0.25, 0.3) is 0 Å². The first kappa shape index (κ1) is 21.9. The number of aliphatic hydroxyl groups is 1. The summed E-state index contributed by atoms with van der Waals surface area (Å²) in [5, 5.41) is 27.8. The highest BCUT2D eigenvalue weighted by Crippen LogP contribution is 2.28. The van der Waals surface area contributed by atoms with Crippen molar-refractivity contribution in [2.45, 2.75) is 108 Å². The molecule has 1 aliphatic rings. The SMILES string of the molecule is O=C(O)CC(O)(CCCCCCCCCC1CCCCC1)CC(=O)O. The van der Waals surface area contributed by atoms with Crippen molar-refractivity contribution in [2.24, 2.45) is 5.92 Å². The molecular formula is C20H36O5. The van der Waals surface area contributed by atoms with E-state index in [-0.39, 0.29) is 6.42 Å². The molecule has 25 heavy (non-hydrogen) atoms. The molecule has 1 aliphatic carbocycles. The Morgan fingerprint density at radius 3 is 1.76 bits per heavy atom. The van der Waals surface area contributed by atoms with Gasteiger partial charge in [0.1, 0.15) is 0 Å². The van der Waals surface area contributed by atoms with Crippen LogP contribution in [-0.2, 0) is 9.59 Å². The molecule has 1 saturated carbocycles. The molecule has 0 aliphatic heterocycles. The van der Waals surface area contributed by atoms with Crippen molar-refractivity contribution in [2.75, 3.05) is 0 Å². The van der Waals surface area contributed by atoms with Gasteiger partial charge in [-0.15, -0.1) is 0 Å². The van der Waals surface area contributed by atoms with Crippen LogP contribution in [0.2, 0.25) is 0 Å². The average molecular weight is 357 g/mol. The molecule has 0 aromatic heterocycles. The minimum atomic E-state index is -1.61. The fourth-order valence-corrected chi connectivity index (χ4v) is 4.05. The third-order valence-corrected chi connectivity index (χ3v) is 5.44. The lowest BCUT2D eigenvalue weighted by Gasteiger charge is -2.24. The van der Waals surface area contributed by atoms with Crippen LogP contribution in [0.4, 0.5) is 0 Å².